The van der Waals surface area contributed by atoms with Crippen LogP contribution in [0.1, 0.15) is 31.7 Å². The summed E-state index contributed by atoms with van der Waals surface area (Å²) in [6.45, 7) is 0.809. The molecule has 0 radical (unpaired) electrons. The van der Waals surface area contributed by atoms with Crippen LogP contribution in [0.2, 0.25) is 0 Å². The maximum atomic E-state index is 5.53. The van der Waals surface area contributed by atoms with Crippen molar-refractivity contribution in [1.82, 2.24) is 15.0 Å². The molecule has 1 saturated carbocycles. The van der Waals surface area contributed by atoms with Gasteiger partial charge >= 0.3 is 0 Å². The zero-order valence-electron chi connectivity index (χ0n) is 7.76. The summed E-state index contributed by atoms with van der Waals surface area (Å²) in [6, 6.07) is 0.520. The summed E-state index contributed by atoms with van der Waals surface area (Å²) in [5, 5.41) is 8.33. The van der Waals surface area contributed by atoms with E-state index in [1.165, 1.54) is 19.3 Å². The van der Waals surface area contributed by atoms with Gasteiger partial charge in [0.15, 0.2) is 0 Å². The van der Waals surface area contributed by atoms with Gasteiger partial charge in [-0.05, 0) is 38.1 Å². The summed E-state index contributed by atoms with van der Waals surface area (Å²) in [7, 11) is 0. The molecule has 1 heterocycles. The Kier molecular flexibility index (Phi) is 2.59. The van der Waals surface area contributed by atoms with Crippen molar-refractivity contribution in [2.75, 3.05) is 6.54 Å². The van der Waals surface area contributed by atoms with Crippen molar-refractivity contribution < 1.29 is 0 Å². The van der Waals surface area contributed by atoms with E-state index in [9.17, 15) is 0 Å². The van der Waals surface area contributed by atoms with Crippen LogP contribution in [0.4, 0.5) is 0 Å². The van der Waals surface area contributed by atoms with Gasteiger partial charge in [0.05, 0.1) is 18.4 Å². The van der Waals surface area contributed by atoms with Crippen molar-refractivity contribution in [3.05, 3.63) is 12.4 Å². The predicted molar refractivity (Wildman–Crippen MR) is 50.1 cm³/mol. The molecule has 4 nitrogen and oxygen atoms in total. The highest BCUT2D eigenvalue weighted by atomic mass is 15.5. The Morgan fingerprint density at radius 1 is 1.31 bits per heavy atom. The van der Waals surface area contributed by atoms with Crippen LogP contribution in [0, 0.1) is 5.92 Å². The average molecular weight is 180 g/mol. The zero-order chi connectivity index (χ0) is 9.10. The highest BCUT2D eigenvalue weighted by Crippen LogP contribution is 2.34. The van der Waals surface area contributed by atoms with Crippen molar-refractivity contribution in [3.63, 3.8) is 0 Å². The van der Waals surface area contributed by atoms with Gasteiger partial charge in [0.2, 0.25) is 0 Å². The standard InChI is InChI=1S/C9H16N4/c10-4-3-8-1-2-9(7-8)13-11-5-6-12-13/h5-6,8-9H,1-4,7,10H2. The van der Waals surface area contributed by atoms with Gasteiger partial charge in [0, 0.05) is 0 Å². The largest absolute Gasteiger partial charge is 0.330 e. The topological polar surface area (TPSA) is 56.7 Å². The van der Waals surface area contributed by atoms with E-state index in [0.717, 1.165) is 18.9 Å². The Morgan fingerprint density at radius 2 is 2.08 bits per heavy atom. The molecule has 1 aliphatic rings. The van der Waals surface area contributed by atoms with Crippen LogP contribution < -0.4 is 5.73 Å². The molecule has 0 amide bonds. The van der Waals surface area contributed by atoms with Gasteiger partial charge in [-0.25, -0.2) is 0 Å². The second-order valence-electron chi connectivity index (χ2n) is 3.76. The van der Waals surface area contributed by atoms with Gasteiger partial charge in [0.25, 0.3) is 0 Å². The van der Waals surface area contributed by atoms with Crippen LogP contribution in [0.5, 0.6) is 0 Å². The minimum absolute atomic E-state index is 0.520. The van der Waals surface area contributed by atoms with Crippen LogP contribution in [-0.2, 0) is 0 Å². The van der Waals surface area contributed by atoms with E-state index in [1.54, 1.807) is 12.4 Å². The lowest BCUT2D eigenvalue weighted by molar-refractivity contribution is 0.391. The van der Waals surface area contributed by atoms with E-state index >= 15 is 0 Å². The highest BCUT2D eigenvalue weighted by molar-refractivity contribution is 4.78. The molecular formula is C9H16N4. The number of hydrogen-bond acceptors (Lipinski definition) is 3. The predicted octanol–water partition coefficient (Wildman–Crippen LogP) is 0.968. The molecule has 4 heteroatoms. The molecule has 0 spiro atoms. The Morgan fingerprint density at radius 3 is 2.77 bits per heavy atom. The van der Waals surface area contributed by atoms with E-state index in [4.69, 9.17) is 5.73 Å². The molecule has 2 rings (SSSR count). The molecule has 1 fully saturated rings. The van der Waals surface area contributed by atoms with E-state index < -0.39 is 0 Å². The minimum Gasteiger partial charge on any atom is -0.330 e. The van der Waals surface area contributed by atoms with Gasteiger partial charge in [-0.3, -0.25) is 0 Å². The molecule has 1 aromatic heterocycles. The number of nitrogens with zero attached hydrogens (tertiary/aromatic N) is 3. The Labute approximate surface area is 78.1 Å². The molecule has 72 valence electrons. The molecule has 13 heavy (non-hydrogen) atoms. The van der Waals surface area contributed by atoms with Crippen molar-refractivity contribution in [2.24, 2.45) is 11.7 Å². The number of nitrogens with two attached hydrogens (primary N) is 1. The first-order valence-corrected chi connectivity index (χ1v) is 4.96. The maximum Gasteiger partial charge on any atom is 0.0719 e. The van der Waals surface area contributed by atoms with Crippen LogP contribution in [0.25, 0.3) is 0 Å². The monoisotopic (exact) mass is 180 g/mol. The molecular weight excluding hydrogens is 164 g/mol. The molecule has 1 aliphatic carbocycles. The molecule has 2 unspecified atom stereocenters. The second-order valence-corrected chi connectivity index (χ2v) is 3.76. The first-order valence-electron chi connectivity index (χ1n) is 4.96. The van der Waals surface area contributed by atoms with Crippen molar-refractivity contribution in [3.8, 4) is 0 Å². The summed E-state index contributed by atoms with van der Waals surface area (Å²) in [5.74, 6) is 0.793. The normalized spacial score (nSPS) is 28.1. The SMILES string of the molecule is NCCC1CCC(n2nccn2)C1. The van der Waals surface area contributed by atoms with Gasteiger partial charge in [0.1, 0.15) is 0 Å². The quantitative estimate of drug-likeness (QED) is 0.754. The second kappa shape index (κ2) is 3.87. The fourth-order valence-electron chi connectivity index (χ4n) is 2.17. The molecule has 0 aliphatic heterocycles. The van der Waals surface area contributed by atoms with E-state index in [0.29, 0.717) is 6.04 Å². The molecule has 0 aromatic carbocycles. The van der Waals surface area contributed by atoms with Gasteiger partial charge in [-0.15, -0.1) is 0 Å². The van der Waals surface area contributed by atoms with E-state index in [1.807, 2.05) is 4.80 Å². The summed E-state index contributed by atoms with van der Waals surface area (Å²) in [4.78, 5) is 1.84. The Bertz CT molecular complexity index is 244. The maximum absolute atomic E-state index is 5.53. The molecule has 1 aromatic rings. The summed E-state index contributed by atoms with van der Waals surface area (Å²) < 4.78 is 0. The van der Waals surface area contributed by atoms with Crippen molar-refractivity contribution in [2.45, 2.75) is 31.7 Å². The fraction of sp³-hybridized carbons (Fsp3) is 0.778. The van der Waals surface area contributed by atoms with E-state index in [2.05, 4.69) is 10.2 Å². The molecule has 0 bridgehead atoms. The van der Waals surface area contributed by atoms with Crippen LogP contribution in [0.3, 0.4) is 0 Å². The number of hydrogen-bond donors (Lipinski definition) is 1. The smallest absolute Gasteiger partial charge is 0.0719 e. The van der Waals surface area contributed by atoms with Crippen LogP contribution in [0.15, 0.2) is 12.4 Å². The van der Waals surface area contributed by atoms with E-state index in [-0.39, 0.29) is 0 Å². The molecule has 0 saturated heterocycles. The van der Waals surface area contributed by atoms with Crippen molar-refractivity contribution >= 4 is 0 Å². The fourth-order valence-corrected chi connectivity index (χ4v) is 2.17. The van der Waals surface area contributed by atoms with Gasteiger partial charge in [-0.2, -0.15) is 15.0 Å². The molecule has 2 atom stereocenters. The van der Waals surface area contributed by atoms with Crippen LogP contribution in [-0.4, -0.2) is 21.5 Å². The first-order chi connectivity index (χ1) is 6.40. The lowest BCUT2D eigenvalue weighted by Gasteiger charge is -2.09. The van der Waals surface area contributed by atoms with Gasteiger partial charge in [-0.1, -0.05) is 0 Å². The van der Waals surface area contributed by atoms with Crippen LogP contribution >= 0.6 is 0 Å². The Balaban J connectivity index is 1.91. The number of aromatic nitrogens is 3. The molecule has 2 N–H and O–H groups in total. The Hall–Kier alpha value is -0.900. The lowest BCUT2D eigenvalue weighted by atomic mass is 10.0. The summed E-state index contributed by atoms with van der Waals surface area (Å²) in [5.41, 5.74) is 5.53. The van der Waals surface area contributed by atoms with Gasteiger partial charge < -0.3 is 5.73 Å². The first kappa shape index (κ1) is 8.69. The summed E-state index contributed by atoms with van der Waals surface area (Å²) in [6.07, 6.45) is 8.33. The average Bonchev–Trinajstić information content (AvgIpc) is 2.70. The third kappa shape index (κ3) is 1.88. The zero-order valence-corrected chi connectivity index (χ0v) is 7.76. The third-order valence-electron chi connectivity index (χ3n) is 2.85. The minimum atomic E-state index is 0.520. The number of rotatable bonds is 3. The third-order valence-corrected chi connectivity index (χ3v) is 2.85. The summed E-state index contributed by atoms with van der Waals surface area (Å²) >= 11 is 0. The lowest BCUT2D eigenvalue weighted by Crippen LogP contribution is -2.10. The van der Waals surface area contributed by atoms with Crippen molar-refractivity contribution in [1.29, 1.82) is 0 Å². The highest BCUT2D eigenvalue weighted by Gasteiger charge is 2.26.